The Morgan fingerprint density at radius 3 is 2.86 bits per heavy atom. The molecule has 3 heterocycles. The maximum absolute atomic E-state index is 15.1. The van der Waals surface area contributed by atoms with E-state index in [-0.39, 0.29) is 6.04 Å². The van der Waals surface area contributed by atoms with Crippen molar-refractivity contribution >= 4 is 38.2 Å². The van der Waals surface area contributed by atoms with Crippen molar-refractivity contribution in [2.24, 2.45) is 0 Å². The van der Waals surface area contributed by atoms with Gasteiger partial charge in [0.15, 0.2) is 0 Å². The van der Waals surface area contributed by atoms with Crippen LogP contribution in [0.5, 0.6) is 0 Å². The number of thiazole rings is 1. The van der Waals surface area contributed by atoms with Gasteiger partial charge in [0.1, 0.15) is 17.2 Å². The third-order valence-corrected chi connectivity index (χ3v) is 6.35. The standard InChI is InChI=1S/C19H21FN4OS2.C2H6/c1-12(13-3-4-19-18(7-13)22-11-26-19)24-6-5-17-15(16(20)10-24)8-14(9-21-17)23-27(2)25;1-2/h3-4,7-9,11-12,16,23H,5-6,10H2,1-2H3;1-2H3. The van der Waals surface area contributed by atoms with Crippen LogP contribution in [0.2, 0.25) is 0 Å². The molecule has 29 heavy (non-hydrogen) atoms. The second kappa shape index (κ2) is 9.73. The molecule has 5 nitrogen and oxygen atoms in total. The molecule has 0 aliphatic carbocycles. The van der Waals surface area contributed by atoms with Crippen LogP contribution in [0.15, 0.2) is 36.0 Å². The molecule has 1 aromatic carbocycles. The molecule has 0 bridgehead atoms. The highest BCUT2D eigenvalue weighted by atomic mass is 32.2. The van der Waals surface area contributed by atoms with Crippen LogP contribution in [0.4, 0.5) is 10.1 Å². The van der Waals surface area contributed by atoms with Gasteiger partial charge in [-0.2, -0.15) is 0 Å². The van der Waals surface area contributed by atoms with Crippen LogP contribution in [0.3, 0.4) is 0 Å². The summed E-state index contributed by atoms with van der Waals surface area (Å²) in [6.45, 7) is 7.16. The topological polar surface area (TPSA) is 58.1 Å². The molecule has 0 spiro atoms. The molecule has 0 saturated heterocycles. The SMILES string of the molecule is CC.CC(c1ccc2scnc2c1)N1CCc2ncc(NS(C)=O)cc2C(F)C1. The number of halogens is 1. The number of fused-ring (bicyclic) bond motifs is 2. The minimum atomic E-state index is -1.21. The normalized spacial score (nSPS) is 18.9. The van der Waals surface area contributed by atoms with Gasteiger partial charge in [0.25, 0.3) is 0 Å². The first-order valence-electron chi connectivity index (χ1n) is 9.81. The Kier molecular flexibility index (Phi) is 7.32. The molecular weight excluding hydrogens is 407 g/mol. The molecule has 3 aromatic rings. The van der Waals surface area contributed by atoms with E-state index in [0.29, 0.717) is 24.2 Å². The summed E-state index contributed by atoms with van der Waals surface area (Å²) >= 11 is 1.62. The lowest BCUT2D eigenvalue weighted by Gasteiger charge is -2.28. The molecule has 8 heteroatoms. The first kappa shape index (κ1) is 21.8. The number of anilines is 1. The third kappa shape index (κ3) is 4.99. The van der Waals surface area contributed by atoms with E-state index in [0.717, 1.165) is 28.0 Å². The summed E-state index contributed by atoms with van der Waals surface area (Å²) in [5.41, 5.74) is 5.94. The van der Waals surface area contributed by atoms with Crippen molar-refractivity contribution in [1.82, 2.24) is 14.9 Å². The van der Waals surface area contributed by atoms with Gasteiger partial charge in [0, 0.05) is 43.1 Å². The molecule has 1 aliphatic rings. The molecular formula is C21H27FN4OS2. The van der Waals surface area contributed by atoms with Gasteiger partial charge < -0.3 is 4.72 Å². The first-order valence-corrected chi connectivity index (χ1v) is 12.2. The summed E-state index contributed by atoms with van der Waals surface area (Å²) in [6.07, 6.45) is 2.73. The molecule has 0 saturated carbocycles. The molecule has 0 fully saturated rings. The lowest BCUT2D eigenvalue weighted by Crippen LogP contribution is -2.30. The lowest BCUT2D eigenvalue weighted by atomic mass is 10.1. The van der Waals surface area contributed by atoms with Crippen molar-refractivity contribution in [2.45, 2.75) is 39.4 Å². The lowest BCUT2D eigenvalue weighted by molar-refractivity contribution is 0.161. The van der Waals surface area contributed by atoms with Gasteiger partial charge in [-0.3, -0.25) is 9.88 Å². The average molecular weight is 435 g/mol. The number of nitrogens with zero attached hydrogens (tertiary/aromatic N) is 3. The van der Waals surface area contributed by atoms with E-state index in [9.17, 15) is 4.21 Å². The summed E-state index contributed by atoms with van der Waals surface area (Å²) in [5.74, 6) is 0. The zero-order valence-corrected chi connectivity index (χ0v) is 18.8. The minimum absolute atomic E-state index is 0.0874. The Labute approximate surface area is 178 Å². The Bertz CT molecular complexity index is 994. The highest BCUT2D eigenvalue weighted by molar-refractivity contribution is 7.85. The molecule has 1 N–H and O–H groups in total. The second-order valence-corrected chi connectivity index (χ2v) is 8.78. The van der Waals surface area contributed by atoms with Crippen molar-refractivity contribution < 1.29 is 8.60 Å². The van der Waals surface area contributed by atoms with Crippen LogP contribution < -0.4 is 4.72 Å². The maximum Gasteiger partial charge on any atom is 0.140 e. The fraction of sp³-hybridized carbons (Fsp3) is 0.429. The van der Waals surface area contributed by atoms with Crippen molar-refractivity contribution in [3.63, 3.8) is 0 Å². The van der Waals surface area contributed by atoms with E-state index in [1.54, 1.807) is 29.9 Å². The highest BCUT2D eigenvalue weighted by Gasteiger charge is 2.27. The summed E-state index contributed by atoms with van der Waals surface area (Å²) in [7, 11) is -1.21. The Hall–Kier alpha value is -1.90. The molecule has 4 rings (SSSR count). The number of nitrogens with one attached hydrogen (secondary N) is 1. The van der Waals surface area contributed by atoms with E-state index < -0.39 is 17.2 Å². The smallest absolute Gasteiger partial charge is 0.140 e. The van der Waals surface area contributed by atoms with Crippen molar-refractivity contribution in [3.05, 3.63) is 52.8 Å². The monoisotopic (exact) mass is 434 g/mol. The van der Waals surface area contributed by atoms with E-state index in [4.69, 9.17) is 0 Å². The van der Waals surface area contributed by atoms with Gasteiger partial charge in [-0.1, -0.05) is 19.9 Å². The second-order valence-electron chi connectivity index (χ2n) is 6.78. The quantitative estimate of drug-likeness (QED) is 0.624. The number of alkyl halides is 1. The van der Waals surface area contributed by atoms with Gasteiger partial charge >= 0.3 is 0 Å². The number of rotatable bonds is 4. The number of hydrogen-bond donors (Lipinski definition) is 1. The van der Waals surface area contributed by atoms with Crippen molar-refractivity contribution in [3.8, 4) is 0 Å². The zero-order valence-electron chi connectivity index (χ0n) is 17.2. The fourth-order valence-corrected chi connectivity index (χ4v) is 4.66. The average Bonchev–Trinajstić information content (AvgIpc) is 3.13. The van der Waals surface area contributed by atoms with E-state index >= 15 is 4.39 Å². The number of hydrogen-bond acceptors (Lipinski definition) is 5. The highest BCUT2D eigenvalue weighted by Crippen LogP contribution is 2.32. The van der Waals surface area contributed by atoms with Crippen LogP contribution in [0.1, 0.15) is 49.8 Å². The van der Waals surface area contributed by atoms with Gasteiger partial charge in [-0.25, -0.2) is 13.6 Å². The summed E-state index contributed by atoms with van der Waals surface area (Å²) in [5, 5.41) is 0. The molecule has 3 atom stereocenters. The predicted molar refractivity (Wildman–Crippen MR) is 120 cm³/mol. The van der Waals surface area contributed by atoms with Crippen LogP contribution >= 0.6 is 11.3 Å². The van der Waals surface area contributed by atoms with Gasteiger partial charge in [0.2, 0.25) is 0 Å². The maximum atomic E-state index is 15.1. The molecule has 2 aromatic heterocycles. The third-order valence-electron chi connectivity index (χ3n) is 5.02. The molecule has 156 valence electrons. The Morgan fingerprint density at radius 2 is 2.10 bits per heavy atom. The van der Waals surface area contributed by atoms with Crippen LogP contribution in [-0.2, 0) is 17.4 Å². The summed E-state index contributed by atoms with van der Waals surface area (Å²) < 4.78 is 30.4. The van der Waals surface area contributed by atoms with E-state index in [2.05, 4.69) is 44.7 Å². The molecule has 3 unspecified atom stereocenters. The molecule has 0 amide bonds. The predicted octanol–water partition coefficient (Wildman–Crippen LogP) is 5.05. The Balaban J connectivity index is 0.00000117. The fourth-order valence-electron chi connectivity index (χ4n) is 3.55. The molecule has 1 aliphatic heterocycles. The van der Waals surface area contributed by atoms with Gasteiger partial charge in [0.05, 0.1) is 27.6 Å². The Morgan fingerprint density at radius 1 is 1.31 bits per heavy atom. The van der Waals surface area contributed by atoms with E-state index in [1.807, 2.05) is 19.4 Å². The first-order chi connectivity index (χ1) is 14.0. The van der Waals surface area contributed by atoms with Crippen LogP contribution in [-0.4, -0.2) is 38.4 Å². The van der Waals surface area contributed by atoms with Gasteiger partial charge in [-0.05, 0) is 30.7 Å². The van der Waals surface area contributed by atoms with Crippen molar-refractivity contribution in [2.75, 3.05) is 24.1 Å². The van der Waals surface area contributed by atoms with Gasteiger partial charge in [-0.15, -0.1) is 11.3 Å². The van der Waals surface area contributed by atoms with Crippen molar-refractivity contribution in [1.29, 1.82) is 0 Å². The minimum Gasteiger partial charge on any atom is -0.304 e. The van der Waals surface area contributed by atoms with E-state index in [1.165, 1.54) is 0 Å². The molecule has 0 radical (unpaired) electrons. The number of benzene rings is 1. The number of aromatic nitrogens is 2. The number of pyridine rings is 1. The van der Waals surface area contributed by atoms with Crippen LogP contribution in [0.25, 0.3) is 10.2 Å². The summed E-state index contributed by atoms with van der Waals surface area (Å²) in [4.78, 5) is 11.0. The van der Waals surface area contributed by atoms with Crippen LogP contribution in [0, 0.1) is 0 Å². The summed E-state index contributed by atoms with van der Waals surface area (Å²) in [6, 6.07) is 8.11. The zero-order chi connectivity index (χ0) is 21.0. The largest absolute Gasteiger partial charge is 0.304 e.